The van der Waals surface area contributed by atoms with Crippen LogP contribution in [0.2, 0.25) is 0 Å². The Morgan fingerprint density at radius 2 is 1.72 bits per heavy atom. The Bertz CT molecular complexity index is 914. The number of carbonyl (C=O) groups excluding carboxylic acids is 1. The minimum absolute atomic E-state index is 0.0853. The van der Waals surface area contributed by atoms with Crippen molar-refractivity contribution in [2.24, 2.45) is 0 Å². The summed E-state index contributed by atoms with van der Waals surface area (Å²) in [7, 11) is 3.46. The first-order valence-corrected chi connectivity index (χ1v) is 9.63. The molecule has 0 spiro atoms. The highest BCUT2D eigenvalue weighted by Gasteiger charge is 2.13. The van der Waals surface area contributed by atoms with Gasteiger partial charge in [0.15, 0.2) is 0 Å². The van der Waals surface area contributed by atoms with Gasteiger partial charge in [0.1, 0.15) is 11.4 Å². The van der Waals surface area contributed by atoms with Crippen LogP contribution in [0.25, 0.3) is 0 Å². The molecule has 1 aromatic carbocycles. The zero-order valence-electron chi connectivity index (χ0n) is 16.8. The molecule has 3 aromatic rings. The Morgan fingerprint density at radius 3 is 2.45 bits per heavy atom. The number of nitrogens with one attached hydrogen (secondary N) is 1. The Labute approximate surface area is 171 Å². The lowest BCUT2D eigenvalue weighted by Gasteiger charge is -2.17. The Morgan fingerprint density at radius 1 is 1.00 bits per heavy atom. The van der Waals surface area contributed by atoms with Crippen molar-refractivity contribution in [3.63, 3.8) is 0 Å². The maximum atomic E-state index is 12.7. The van der Waals surface area contributed by atoms with Gasteiger partial charge in [-0.25, -0.2) is 0 Å². The molecule has 0 unspecified atom stereocenters. The van der Waals surface area contributed by atoms with Gasteiger partial charge in [0, 0.05) is 44.4 Å². The van der Waals surface area contributed by atoms with E-state index in [1.807, 2.05) is 30.3 Å². The van der Waals surface area contributed by atoms with E-state index in [2.05, 4.69) is 27.4 Å². The van der Waals surface area contributed by atoms with Gasteiger partial charge >= 0.3 is 0 Å². The number of benzene rings is 1. The highest BCUT2D eigenvalue weighted by atomic mass is 16.5. The third kappa shape index (κ3) is 6.04. The van der Waals surface area contributed by atoms with E-state index in [-0.39, 0.29) is 5.91 Å². The fraction of sp³-hybridized carbons (Fsp3) is 0.261. The topological polar surface area (TPSA) is 67.3 Å². The molecular formula is C23H26N4O2. The molecule has 6 nitrogen and oxygen atoms in total. The van der Waals surface area contributed by atoms with E-state index >= 15 is 0 Å². The van der Waals surface area contributed by atoms with Gasteiger partial charge in [0.25, 0.3) is 5.91 Å². The fourth-order valence-electron chi connectivity index (χ4n) is 2.94. The summed E-state index contributed by atoms with van der Waals surface area (Å²) in [6.45, 7) is 1.39. The second-order valence-electron chi connectivity index (χ2n) is 6.79. The number of hydrogen-bond acceptors (Lipinski definition) is 5. The van der Waals surface area contributed by atoms with Crippen LogP contribution < -0.4 is 10.1 Å². The molecule has 3 rings (SSSR count). The lowest BCUT2D eigenvalue weighted by Crippen LogP contribution is -2.29. The molecule has 0 atom stereocenters. The average Bonchev–Trinajstić information content (AvgIpc) is 2.78. The van der Waals surface area contributed by atoms with Gasteiger partial charge in [-0.15, -0.1) is 0 Å². The number of nitrogens with zero attached hydrogens (tertiary/aromatic N) is 3. The van der Waals surface area contributed by atoms with Crippen LogP contribution >= 0.6 is 0 Å². The van der Waals surface area contributed by atoms with Crippen molar-refractivity contribution >= 4 is 11.6 Å². The van der Waals surface area contributed by atoms with Crippen molar-refractivity contribution in [1.82, 2.24) is 14.9 Å². The number of anilines is 1. The smallest absolute Gasteiger partial charge is 0.272 e. The van der Waals surface area contributed by atoms with Crippen LogP contribution in [-0.2, 0) is 12.8 Å². The normalized spacial score (nSPS) is 10.4. The van der Waals surface area contributed by atoms with Crippen molar-refractivity contribution in [2.75, 3.05) is 32.6 Å². The number of hydrogen-bond donors (Lipinski definition) is 1. The van der Waals surface area contributed by atoms with E-state index in [1.54, 1.807) is 43.7 Å². The first-order valence-electron chi connectivity index (χ1n) is 9.63. The molecule has 0 saturated carbocycles. The number of pyridine rings is 2. The molecule has 0 saturated heterocycles. The second kappa shape index (κ2) is 10.2. The van der Waals surface area contributed by atoms with E-state index in [9.17, 15) is 4.79 Å². The maximum Gasteiger partial charge on any atom is 0.272 e. The molecule has 0 fully saturated rings. The molecule has 1 amide bonds. The number of rotatable bonds is 9. The number of amides is 1. The van der Waals surface area contributed by atoms with E-state index < -0.39 is 0 Å². The predicted octanol–water partition coefficient (Wildman–Crippen LogP) is 3.45. The van der Waals surface area contributed by atoms with E-state index in [1.165, 1.54) is 5.56 Å². The summed E-state index contributed by atoms with van der Waals surface area (Å²) < 4.78 is 5.18. The lowest BCUT2D eigenvalue weighted by atomic mass is 10.1. The highest BCUT2D eigenvalue weighted by Crippen LogP contribution is 2.13. The second-order valence-corrected chi connectivity index (χ2v) is 6.79. The Balaban J connectivity index is 1.51. The summed E-state index contributed by atoms with van der Waals surface area (Å²) in [6, 6.07) is 15.6. The van der Waals surface area contributed by atoms with Gasteiger partial charge in [-0.2, -0.15) is 0 Å². The van der Waals surface area contributed by atoms with Gasteiger partial charge in [-0.1, -0.05) is 12.1 Å². The molecule has 0 aliphatic carbocycles. The number of likely N-dealkylation sites (N-methyl/N-ethyl adjacent to an activating group) is 1. The standard InChI is InChI=1S/C23H26N4O2/c1-27(16-11-19-7-12-24-13-8-19)23(28)22-17-20(10-15-26-22)25-14-9-18-3-5-21(29-2)6-4-18/h3-8,10,12-13,15,17H,9,11,14,16H2,1-2H3,(H,25,26). The van der Waals surface area contributed by atoms with Crippen LogP contribution in [0.4, 0.5) is 5.69 Å². The fourth-order valence-corrected chi connectivity index (χ4v) is 2.94. The minimum atomic E-state index is -0.0853. The minimum Gasteiger partial charge on any atom is -0.497 e. The van der Waals surface area contributed by atoms with Gasteiger partial charge in [-0.05, 0) is 60.4 Å². The zero-order chi connectivity index (χ0) is 20.5. The average molecular weight is 390 g/mol. The van der Waals surface area contributed by atoms with Gasteiger partial charge < -0.3 is 15.0 Å². The van der Waals surface area contributed by atoms with Crippen LogP contribution in [-0.4, -0.2) is 48.0 Å². The van der Waals surface area contributed by atoms with Gasteiger partial charge in [-0.3, -0.25) is 14.8 Å². The molecule has 0 bridgehead atoms. The SMILES string of the molecule is COc1ccc(CCNc2ccnc(C(=O)N(C)CCc3ccncc3)c2)cc1. The summed E-state index contributed by atoms with van der Waals surface area (Å²) >= 11 is 0. The van der Waals surface area contributed by atoms with Crippen LogP contribution in [0, 0.1) is 0 Å². The van der Waals surface area contributed by atoms with Crippen LogP contribution in [0.3, 0.4) is 0 Å². The van der Waals surface area contributed by atoms with Crippen LogP contribution in [0.1, 0.15) is 21.6 Å². The Hall–Kier alpha value is -3.41. The molecular weight excluding hydrogens is 364 g/mol. The summed E-state index contributed by atoms with van der Waals surface area (Å²) in [5.41, 5.74) is 3.71. The molecule has 0 aliphatic heterocycles. The van der Waals surface area contributed by atoms with Gasteiger partial charge in [0.05, 0.1) is 7.11 Å². The molecule has 0 aliphatic rings. The first kappa shape index (κ1) is 20.3. The van der Waals surface area contributed by atoms with E-state index in [4.69, 9.17) is 4.74 Å². The van der Waals surface area contributed by atoms with Crippen molar-refractivity contribution in [1.29, 1.82) is 0 Å². The summed E-state index contributed by atoms with van der Waals surface area (Å²) in [5.74, 6) is 0.768. The van der Waals surface area contributed by atoms with Gasteiger partial charge in [0.2, 0.25) is 0 Å². The van der Waals surface area contributed by atoms with E-state index in [0.29, 0.717) is 12.2 Å². The largest absolute Gasteiger partial charge is 0.497 e. The molecule has 1 N–H and O–H groups in total. The highest BCUT2D eigenvalue weighted by molar-refractivity contribution is 5.93. The molecule has 2 aromatic heterocycles. The zero-order valence-corrected chi connectivity index (χ0v) is 16.8. The molecule has 2 heterocycles. The number of aromatic nitrogens is 2. The third-order valence-electron chi connectivity index (χ3n) is 4.71. The summed E-state index contributed by atoms with van der Waals surface area (Å²) in [4.78, 5) is 22.6. The summed E-state index contributed by atoms with van der Waals surface area (Å²) in [5, 5.41) is 3.36. The predicted molar refractivity (Wildman–Crippen MR) is 114 cm³/mol. The van der Waals surface area contributed by atoms with Crippen LogP contribution in [0.15, 0.2) is 67.1 Å². The number of carbonyl (C=O) groups is 1. The van der Waals surface area contributed by atoms with E-state index in [0.717, 1.165) is 36.4 Å². The van der Waals surface area contributed by atoms with Crippen molar-refractivity contribution in [3.05, 3.63) is 83.9 Å². The van der Waals surface area contributed by atoms with Crippen molar-refractivity contribution < 1.29 is 9.53 Å². The maximum absolute atomic E-state index is 12.7. The molecule has 0 radical (unpaired) electrons. The number of ether oxygens (including phenoxy) is 1. The first-order chi connectivity index (χ1) is 14.2. The van der Waals surface area contributed by atoms with Crippen molar-refractivity contribution in [2.45, 2.75) is 12.8 Å². The quantitative estimate of drug-likeness (QED) is 0.606. The summed E-state index contributed by atoms with van der Waals surface area (Å²) in [6.07, 6.45) is 6.85. The monoisotopic (exact) mass is 390 g/mol. The van der Waals surface area contributed by atoms with Crippen LogP contribution in [0.5, 0.6) is 5.75 Å². The molecule has 29 heavy (non-hydrogen) atoms. The third-order valence-corrected chi connectivity index (χ3v) is 4.71. The van der Waals surface area contributed by atoms with Crippen molar-refractivity contribution in [3.8, 4) is 5.75 Å². The lowest BCUT2D eigenvalue weighted by molar-refractivity contribution is 0.0791. The molecule has 150 valence electrons. The molecule has 6 heteroatoms. The Kier molecular flexibility index (Phi) is 7.16. The number of methoxy groups -OCH3 is 1.